The normalized spacial score (nSPS) is 14.7. The summed E-state index contributed by atoms with van der Waals surface area (Å²) >= 11 is 0. The molecule has 0 bridgehead atoms. The van der Waals surface area contributed by atoms with Gasteiger partial charge >= 0.3 is 0 Å². The van der Waals surface area contributed by atoms with E-state index < -0.39 is 32.4 Å². The van der Waals surface area contributed by atoms with E-state index in [9.17, 15) is 16.8 Å². The minimum Gasteiger partial charge on any atom is -0.263 e. The predicted octanol–water partition coefficient (Wildman–Crippen LogP) is 3.58. The molecule has 0 aliphatic carbocycles. The molecule has 0 radical (unpaired) electrons. The van der Waals surface area contributed by atoms with Gasteiger partial charge < -0.3 is 0 Å². The van der Waals surface area contributed by atoms with Crippen molar-refractivity contribution < 1.29 is 25.2 Å². The van der Waals surface area contributed by atoms with E-state index in [4.69, 9.17) is 8.37 Å². The lowest BCUT2D eigenvalue weighted by atomic mass is 10.2. The summed E-state index contributed by atoms with van der Waals surface area (Å²) in [7, 11) is -7.89. The summed E-state index contributed by atoms with van der Waals surface area (Å²) in [6, 6.07) is 13.0. The van der Waals surface area contributed by atoms with Crippen LogP contribution in [-0.2, 0) is 28.6 Å². The molecule has 2 unspecified atom stereocenters. The first-order valence-corrected chi connectivity index (χ1v) is 11.3. The van der Waals surface area contributed by atoms with Gasteiger partial charge in [0.1, 0.15) is 0 Å². The van der Waals surface area contributed by atoms with Crippen molar-refractivity contribution in [2.75, 3.05) is 0 Å². The van der Waals surface area contributed by atoms with E-state index in [-0.39, 0.29) is 16.2 Å². The fraction of sp³-hybridized carbons (Fsp3) is 0.368. The molecule has 0 saturated heterocycles. The smallest absolute Gasteiger partial charge is 0.263 e. The Morgan fingerprint density at radius 1 is 0.704 bits per heavy atom. The average molecular weight is 413 g/mol. The van der Waals surface area contributed by atoms with Crippen LogP contribution in [0.15, 0.2) is 58.3 Å². The lowest BCUT2D eigenvalue weighted by Crippen LogP contribution is -2.24. The van der Waals surface area contributed by atoms with Crippen molar-refractivity contribution in [3.8, 4) is 0 Å². The van der Waals surface area contributed by atoms with Crippen molar-refractivity contribution in [3.63, 3.8) is 0 Å². The molecule has 0 amide bonds. The van der Waals surface area contributed by atoms with Crippen molar-refractivity contribution >= 4 is 20.2 Å². The molecule has 6 nitrogen and oxygen atoms in total. The molecule has 0 saturated carbocycles. The van der Waals surface area contributed by atoms with Crippen molar-refractivity contribution in [1.29, 1.82) is 0 Å². The molecule has 0 heterocycles. The molecule has 0 spiro atoms. The van der Waals surface area contributed by atoms with Gasteiger partial charge in [-0.05, 0) is 51.0 Å². The summed E-state index contributed by atoms with van der Waals surface area (Å²) in [5, 5.41) is 0. The molecule has 0 aromatic heterocycles. The first-order valence-electron chi connectivity index (χ1n) is 8.51. The summed E-state index contributed by atoms with van der Waals surface area (Å²) in [5.41, 5.74) is 1.16. The zero-order chi connectivity index (χ0) is 20.2. The van der Waals surface area contributed by atoms with Gasteiger partial charge in [-0.1, -0.05) is 36.4 Å². The molecule has 2 atom stereocenters. The monoisotopic (exact) mass is 412 g/mol. The topological polar surface area (TPSA) is 86.7 Å². The van der Waals surface area contributed by atoms with E-state index in [0.29, 0.717) is 11.1 Å². The van der Waals surface area contributed by atoms with E-state index in [2.05, 4.69) is 0 Å². The van der Waals surface area contributed by atoms with Crippen molar-refractivity contribution in [1.82, 2.24) is 0 Å². The first-order chi connectivity index (χ1) is 12.5. The maximum absolute atomic E-state index is 12.4. The van der Waals surface area contributed by atoms with Crippen LogP contribution < -0.4 is 0 Å². The standard InChI is InChI=1S/C19H24O6S2/c1-14-9-5-7-11-18(14)26(20,21)24-16(3)13-17(4)25-27(22,23)19-12-8-6-10-15(19)2/h5-12,16-17H,13H2,1-4H3. The Labute approximate surface area is 161 Å². The fourth-order valence-electron chi connectivity index (χ4n) is 2.76. The molecule has 27 heavy (non-hydrogen) atoms. The van der Waals surface area contributed by atoms with Crippen LogP contribution in [-0.4, -0.2) is 29.0 Å². The molecular weight excluding hydrogens is 388 g/mol. The quantitative estimate of drug-likeness (QED) is 0.616. The van der Waals surface area contributed by atoms with E-state index in [1.807, 2.05) is 0 Å². The Kier molecular flexibility index (Phi) is 6.80. The minimum atomic E-state index is -3.94. The highest BCUT2D eigenvalue weighted by Gasteiger charge is 2.25. The van der Waals surface area contributed by atoms with Gasteiger partial charge in [-0.25, -0.2) is 0 Å². The fourth-order valence-corrected chi connectivity index (χ4v) is 5.40. The van der Waals surface area contributed by atoms with Gasteiger partial charge in [0.15, 0.2) is 0 Å². The zero-order valence-corrected chi connectivity index (χ0v) is 17.4. The lowest BCUT2D eigenvalue weighted by Gasteiger charge is -2.19. The Balaban J connectivity index is 2.04. The average Bonchev–Trinajstić information content (AvgIpc) is 2.53. The van der Waals surface area contributed by atoms with Crippen molar-refractivity contribution in [3.05, 3.63) is 59.7 Å². The van der Waals surface area contributed by atoms with Gasteiger partial charge in [0.25, 0.3) is 20.2 Å². The second-order valence-electron chi connectivity index (χ2n) is 6.49. The van der Waals surface area contributed by atoms with Crippen LogP contribution in [0.1, 0.15) is 31.4 Å². The second-order valence-corrected chi connectivity index (χ2v) is 9.57. The zero-order valence-electron chi connectivity index (χ0n) is 15.7. The SMILES string of the molecule is Cc1ccccc1S(=O)(=O)OC(C)CC(C)OS(=O)(=O)c1ccccc1C. The van der Waals surface area contributed by atoms with Crippen LogP contribution >= 0.6 is 0 Å². The van der Waals surface area contributed by atoms with Gasteiger partial charge in [-0.15, -0.1) is 0 Å². The van der Waals surface area contributed by atoms with Crippen molar-refractivity contribution in [2.45, 2.75) is 56.1 Å². The van der Waals surface area contributed by atoms with E-state index in [1.165, 1.54) is 12.1 Å². The summed E-state index contributed by atoms with van der Waals surface area (Å²) in [5.74, 6) is 0. The van der Waals surface area contributed by atoms with Crippen LogP contribution in [0.5, 0.6) is 0 Å². The first kappa shape index (κ1) is 21.6. The number of hydrogen-bond donors (Lipinski definition) is 0. The molecule has 0 aliphatic heterocycles. The summed E-state index contributed by atoms with van der Waals surface area (Å²) < 4.78 is 60.1. The molecular formula is C19H24O6S2. The van der Waals surface area contributed by atoms with E-state index >= 15 is 0 Å². The summed E-state index contributed by atoms with van der Waals surface area (Å²) in [4.78, 5) is 0.191. The molecule has 2 rings (SSSR count). The third kappa shape index (κ3) is 5.62. The number of rotatable bonds is 8. The summed E-state index contributed by atoms with van der Waals surface area (Å²) in [6.45, 7) is 6.50. The molecule has 2 aromatic carbocycles. The highest BCUT2D eigenvalue weighted by molar-refractivity contribution is 7.87. The van der Waals surface area contributed by atoms with Crippen LogP contribution in [0, 0.1) is 13.8 Å². The van der Waals surface area contributed by atoms with Gasteiger partial charge in [-0.2, -0.15) is 16.8 Å². The predicted molar refractivity (Wildman–Crippen MR) is 102 cm³/mol. The number of aryl methyl sites for hydroxylation is 2. The Bertz CT molecular complexity index is 915. The largest absolute Gasteiger partial charge is 0.297 e. The maximum Gasteiger partial charge on any atom is 0.297 e. The Morgan fingerprint density at radius 3 is 1.37 bits per heavy atom. The van der Waals surface area contributed by atoms with E-state index in [1.54, 1.807) is 64.1 Å². The number of hydrogen-bond acceptors (Lipinski definition) is 6. The molecule has 8 heteroatoms. The minimum absolute atomic E-state index is 0.0935. The lowest BCUT2D eigenvalue weighted by molar-refractivity contribution is 0.140. The second kappa shape index (κ2) is 8.52. The molecule has 0 fully saturated rings. The van der Waals surface area contributed by atoms with Crippen LogP contribution in [0.4, 0.5) is 0 Å². The van der Waals surface area contributed by atoms with Gasteiger partial charge in [-0.3, -0.25) is 8.37 Å². The Hall–Kier alpha value is -1.74. The van der Waals surface area contributed by atoms with Crippen LogP contribution in [0.2, 0.25) is 0 Å². The molecule has 0 aliphatic rings. The van der Waals surface area contributed by atoms with Crippen LogP contribution in [0.3, 0.4) is 0 Å². The van der Waals surface area contributed by atoms with E-state index in [0.717, 1.165) is 0 Å². The molecule has 0 N–H and O–H groups in total. The van der Waals surface area contributed by atoms with Gasteiger partial charge in [0.2, 0.25) is 0 Å². The Morgan fingerprint density at radius 2 is 1.04 bits per heavy atom. The molecule has 2 aromatic rings. The van der Waals surface area contributed by atoms with Gasteiger partial charge in [0, 0.05) is 6.42 Å². The highest BCUT2D eigenvalue weighted by Crippen LogP contribution is 2.22. The summed E-state index contributed by atoms with van der Waals surface area (Å²) in [6.07, 6.45) is -1.41. The highest BCUT2D eigenvalue weighted by atomic mass is 32.2. The van der Waals surface area contributed by atoms with Gasteiger partial charge in [0.05, 0.1) is 22.0 Å². The third-order valence-electron chi connectivity index (χ3n) is 3.97. The maximum atomic E-state index is 12.4. The third-order valence-corrected chi connectivity index (χ3v) is 7.13. The number of benzene rings is 2. The van der Waals surface area contributed by atoms with Crippen molar-refractivity contribution in [2.24, 2.45) is 0 Å². The molecule has 148 valence electrons. The van der Waals surface area contributed by atoms with Crippen LogP contribution in [0.25, 0.3) is 0 Å².